The molecular formula is C17H22F3NO3S. The monoisotopic (exact) mass is 377 g/mol. The van der Waals surface area contributed by atoms with Crippen molar-refractivity contribution >= 4 is 15.6 Å². The number of benzene rings is 1. The van der Waals surface area contributed by atoms with E-state index in [1.54, 1.807) is 6.92 Å². The molecular weight excluding hydrogens is 355 g/mol. The average molecular weight is 377 g/mol. The first kappa shape index (κ1) is 19.9. The zero-order valence-corrected chi connectivity index (χ0v) is 14.8. The first-order valence-electron chi connectivity index (χ1n) is 8.31. The van der Waals surface area contributed by atoms with Gasteiger partial charge in [0.1, 0.15) is 5.78 Å². The van der Waals surface area contributed by atoms with Gasteiger partial charge in [0.2, 0.25) is 0 Å². The second-order valence-corrected chi connectivity index (χ2v) is 8.55. The fraction of sp³-hybridized carbons (Fsp3) is 0.588. The number of sulfone groups is 1. The van der Waals surface area contributed by atoms with E-state index < -0.39 is 26.8 Å². The molecule has 25 heavy (non-hydrogen) atoms. The highest BCUT2D eigenvalue weighted by Gasteiger charge is 2.35. The minimum absolute atomic E-state index is 0.0726. The molecule has 2 rings (SSSR count). The quantitative estimate of drug-likeness (QED) is 0.826. The van der Waals surface area contributed by atoms with E-state index >= 15 is 0 Å². The van der Waals surface area contributed by atoms with Crippen molar-refractivity contribution in [1.29, 1.82) is 0 Å². The van der Waals surface area contributed by atoms with Gasteiger partial charge < -0.3 is 5.32 Å². The van der Waals surface area contributed by atoms with E-state index in [1.165, 1.54) is 6.07 Å². The van der Waals surface area contributed by atoms with Gasteiger partial charge in [-0.1, -0.05) is 13.0 Å². The van der Waals surface area contributed by atoms with Gasteiger partial charge in [-0.2, -0.15) is 13.2 Å². The smallest absolute Gasteiger partial charge is 0.307 e. The molecule has 0 saturated heterocycles. The Hall–Kier alpha value is -1.41. The summed E-state index contributed by atoms with van der Waals surface area (Å²) in [6.45, 7) is 2.05. The lowest BCUT2D eigenvalue weighted by Crippen LogP contribution is -2.39. The number of carbonyl (C=O) groups excluding carboxylic acids is 1. The van der Waals surface area contributed by atoms with Gasteiger partial charge in [-0.3, -0.25) is 4.79 Å². The van der Waals surface area contributed by atoms with Crippen LogP contribution in [0, 0.1) is 0 Å². The van der Waals surface area contributed by atoms with Crippen molar-refractivity contribution in [2.24, 2.45) is 0 Å². The molecule has 1 aromatic carbocycles. The van der Waals surface area contributed by atoms with Gasteiger partial charge in [0.15, 0.2) is 9.84 Å². The van der Waals surface area contributed by atoms with Crippen LogP contribution in [0.15, 0.2) is 29.2 Å². The van der Waals surface area contributed by atoms with Crippen LogP contribution in [0.4, 0.5) is 13.2 Å². The molecule has 140 valence electrons. The summed E-state index contributed by atoms with van der Waals surface area (Å²) in [4.78, 5) is 11.0. The number of hydrogen-bond donors (Lipinski definition) is 1. The van der Waals surface area contributed by atoms with Gasteiger partial charge in [0.05, 0.1) is 22.3 Å². The van der Waals surface area contributed by atoms with Crippen molar-refractivity contribution in [3.05, 3.63) is 29.8 Å². The number of Topliss-reactive ketones (excluding diaryl/α,β-unsaturated/α-hetero) is 1. The van der Waals surface area contributed by atoms with Crippen molar-refractivity contribution in [2.45, 2.75) is 61.4 Å². The molecule has 0 spiro atoms. The fourth-order valence-corrected chi connectivity index (χ4v) is 4.84. The first-order chi connectivity index (χ1) is 11.6. The Labute approximate surface area is 145 Å². The van der Waals surface area contributed by atoms with E-state index in [0.29, 0.717) is 38.2 Å². The summed E-state index contributed by atoms with van der Waals surface area (Å²) >= 11 is 0. The predicted octanol–water partition coefficient (Wildman–Crippen LogP) is 3.36. The third kappa shape index (κ3) is 5.04. The lowest BCUT2D eigenvalue weighted by Gasteiger charge is -2.29. The Balaban J connectivity index is 2.04. The van der Waals surface area contributed by atoms with Crippen molar-refractivity contribution in [3.63, 3.8) is 0 Å². The molecule has 0 unspecified atom stereocenters. The van der Waals surface area contributed by atoms with Crippen LogP contribution in [-0.2, 0) is 20.8 Å². The highest BCUT2D eigenvalue weighted by atomic mass is 32.2. The van der Waals surface area contributed by atoms with Crippen LogP contribution in [0.1, 0.15) is 44.6 Å². The number of rotatable bonds is 6. The van der Waals surface area contributed by atoms with Crippen molar-refractivity contribution in [2.75, 3.05) is 6.54 Å². The summed E-state index contributed by atoms with van der Waals surface area (Å²) in [6, 6.07) is 3.99. The fourth-order valence-electron chi connectivity index (χ4n) is 3.00. The number of halogens is 3. The molecule has 0 atom stereocenters. The Bertz CT molecular complexity index is 708. The van der Waals surface area contributed by atoms with Gasteiger partial charge in [0, 0.05) is 12.5 Å². The Morgan fingerprint density at radius 1 is 1.20 bits per heavy atom. The van der Waals surface area contributed by atoms with Crippen molar-refractivity contribution in [1.82, 2.24) is 5.32 Å². The Kier molecular flexibility index (Phi) is 6.26. The van der Waals surface area contributed by atoms with Crippen LogP contribution in [0.3, 0.4) is 0 Å². The molecule has 1 saturated carbocycles. The summed E-state index contributed by atoms with van der Waals surface area (Å²) in [7, 11) is -3.80. The third-order valence-corrected chi connectivity index (χ3v) is 6.85. The van der Waals surface area contributed by atoms with Crippen LogP contribution in [0.5, 0.6) is 0 Å². The molecule has 1 fully saturated rings. The molecule has 1 N–H and O–H groups in total. The summed E-state index contributed by atoms with van der Waals surface area (Å²) in [6.07, 6.45) is -2.21. The van der Waals surface area contributed by atoms with Gasteiger partial charge in [-0.15, -0.1) is 0 Å². The standard InChI is InChI=1S/C17H22F3NO3S/c1-2-14(22)11-21-13-6-8-15(9-7-13)25(23,24)16-5-3-4-12(10-16)17(18,19)20/h3-5,10,13,15,21H,2,6-9,11H2,1H3. The van der Waals surface area contributed by atoms with Gasteiger partial charge in [-0.25, -0.2) is 8.42 Å². The Morgan fingerprint density at radius 2 is 1.84 bits per heavy atom. The average Bonchev–Trinajstić information content (AvgIpc) is 2.59. The maximum absolute atomic E-state index is 12.8. The molecule has 4 nitrogen and oxygen atoms in total. The lowest BCUT2D eigenvalue weighted by atomic mass is 9.95. The van der Waals surface area contributed by atoms with E-state index in [1.807, 2.05) is 0 Å². The Morgan fingerprint density at radius 3 is 2.40 bits per heavy atom. The maximum atomic E-state index is 12.8. The predicted molar refractivity (Wildman–Crippen MR) is 88.0 cm³/mol. The number of nitrogens with one attached hydrogen (secondary N) is 1. The highest BCUT2D eigenvalue weighted by Crippen LogP contribution is 2.33. The van der Waals surface area contributed by atoms with Crippen molar-refractivity contribution in [3.8, 4) is 0 Å². The molecule has 1 aliphatic rings. The second kappa shape index (κ2) is 7.86. The second-order valence-electron chi connectivity index (χ2n) is 6.32. The minimum atomic E-state index is -4.57. The summed E-state index contributed by atoms with van der Waals surface area (Å²) in [5.74, 6) is 0.0960. The van der Waals surface area contributed by atoms with Crippen LogP contribution >= 0.6 is 0 Å². The van der Waals surface area contributed by atoms with Gasteiger partial charge in [-0.05, 0) is 43.9 Å². The molecule has 0 heterocycles. The summed E-state index contributed by atoms with van der Waals surface area (Å²) in [5, 5.41) is 2.44. The van der Waals surface area contributed by atoms with Gasteiger partial charge >= 0.3 is 6.18 Å². The van der Waals surface area contributed by atoms with E-state index in [0.717, 1.165) is 12.1 Å². The number of ketones is 1. The van der Waals surface area contributed by atoms with Crippen LogP contribution in [0.2, 0.25) is 0 Å². The topological polar surface area (TPSA) is 63.2 Å². The zero-order valence-electron chi connectivity index (χ0n) is 14.0. The number of alkyl halides is 3. The molecule has 1 aliphatic carbocycles. The highest BCUT2D eigenvalue weighted by molar-refractivity contribution is 7.92. The van der Waals surface area contributed by atoms with E-state index in [-0.39, 0.29) is 23.3 Å². The van der Waals surface area contributed by atoms with Crippen molar-refractivity contribution < 1.29 is 26.4 Å². The molecule has 0 aliphatic heterocycles. The van der Waals surface area contributed by atoms with Gasteiger partial charge in [0.25, 0.3) is 0 Å². The number of hydrogen-bond acceptors (Lipinski definition) is 4. The first-order valence-corrected chi connectivity index (χ1v) is 9.85. The van der Waals surface area contributed by atoms with Crippen LogP contribution in [-0.4, -0.2) is 32.0 Å². The maximum Gasteiger partial charge on any atom is 0.416 e. The molecule has 1 aromatic rings. The zero-order chi connectivity index (χ0) is 18.7. The molecule has 0 radical (unpaired) electrons. The summed E-state index contributed by atoms with van der Waals surface area (Å²) in [5.41, 5.74) is -0.956. The van der Waals surface area contributed by atoms with Crippen LogP contribution < -0.4 is 5.32 Å². The largest absolute Gasteiger partial charge is 0.416 e. The van der Waals surface area contributed by atoms with E-state index in [4.69, 9.17) is 0 Å². The normalized spacial score (nSPS) is 21.9. The molecule has 0 amide bonds. The van der Waals surface area contributed by atoms with E-state index in [9.17, 15) is 26.4 Å². The summed E-state index contributed by atoms with van der Waals surface area (Å²) < 4.78 is 63.7. The third-order valence-electron chi connectivity index (χ3n) is 4.59. The number of carbonyl (C=O) groups is 1. The lowest BCUT2D eigenvalue weighted by molar-refractivity contribution is -0.137. The van der Waals surface area contributed by atoms with Crippen LogP contribution in [0.25, 0.3) is 0 Å². The van der Waals surface area contributed by atoms with E-state index in [2.05, 4.69) is 5.32 Å². The molecule has 0 bridgehead atoms. The minimum Gasteiger partial charge on any atom is -0.307 e. The molecule has 0 aromatic heterocycles. The SMILES string of the molecule is CCC(=O)CNC1CCC(S(=O)(=O)c2cccc(C(F)(F)F)c2)CC1. The molecule has 8 heteroatoms.